The molecule has 1 aromatic rings. The van der Waals surface area contributed by atoms with Crippen LogP contribution in [0.25, 0.3) is 0 Å². The molecule has 0 aliphatic heterocycles. The lowest BCUT2D eigenvalue weighted by molar-refractivity contribution is -0.140. The van der Waals surface area contributed by atoms with Crippen LogP contribution in [0.5, 0.6) is 5.75 Å². The van der Waals surface area contributed by atoms with Gasteiger partial charge in [0.1, 0.15) is 5.75 Å². The summed E-state index contributed by atoms with van der Waals surface area (Å²) in [5.41, 5.74) is 6.47. The van der Waals surface area contributed by atoms with Crippen molar-refractivity contribution in [2.24, 2.45) is 5.73 Å². The van der Waals surface area contributed by atoms with E-state index in [0.29, 0.717) is 26.0 Å². The van der Waals surface area contributed by atoms with Crippen molar-refractivity contribution in [3.63, 3.8) is 0 Å². The lowest BCUT2D eigenvalue weighted by Gasteiger charge is -2.06. The maximum atomic E-state index is 11.0. The average molecular weight is 237 g/mol. The first-order chi connectivity index (χ1) is 8.26. The molecule has 2 N–H and O–H groups in total. The molecular weight excluding hydrogens is 218 g/mol. The molecule has 0 radical (unpaired) electrons. The fourth-order valence-corrected chi connectivity index (χ4v) is 1.37. The molecule has 4 heteroatoms. The van der Waals surface area contributed by atoms with E-state index < -0.39 is 0 Å². The van der Waals surface area contributed by atoms with Crippen LogP contribution in [0.2, 0.25) is 0 Å². The van der Waals surface area contributed by atoms with E-state index in [0.717, 1.165) is 17.7 Å². The summed E-state index contributed by atoms with van der Waals surface area (Å²) < 4.78 is 10.1. The van der Waals surface area contributed by atoms with Gasteiger partial charge >= 0.3 is 5.97 Å². The number of hydrogen-bond donors (Lipinski definition) is 1. The predicted octanol–water partition coefficient (Wildman–Crippen LogP) is 1.52. The Kier molecular flexibility index (Phi) is 6.10. The number of carbonyl (C=O) groups is 1. The zero-order chi connectivity index (χ0) is 12.5. The van der Waals surface area contributed by atoms with Gasteiger partial charge in [-0.2, -0.15) is 0 Å². The topological polar surface area (TPSA) is 61.5 Å². The van der Waals surface area contributed by atoms with Gasteiger partial charge in [-0.3, -0.25) is 4.79 Å². The van der Waals surface area contributed by atoms with Crippen molar-refractivity contribution in [3.8, 4) is 5.75 Å². The van der Waals surface area contributed by atoms with Crippen molar-refractivity contribution in [2.75, 3.05) is 20.3 Å². The van der Waals surface area contributed by atoms with Crippen molar-refractivity contribution >= 4 is 5.97 Å². The van der Waals surface area contributed by atoms with E-state index in [1.807, 2.05) is 24.3 Å². The summed E-state index contributed by atoms with van der Waals surface area (Å²) in [6.45, 7) is 1.27. The average Bonchev–Trinajstić information content (AvgIpc) is 2.37. The van der Waals surface area contributed by atoms with Crippen LogP contribution in [-0.2, 0) is 16.0 Å². The lowest BCUT2D eigenvalue weighted by Crippen LogP contribution is -2.06. The third-order valence-corrected chi connectivity index (χ3v) is 2.39. The maximum absolute atomic E-state index is 11.0. The number of esters is 1. The molecule has 0 spiro atoms. The Hall–Kier alpha value is -1.55. The lowest BCUT2D eigenvalue weighted by atomic mass is 10.1. The molecular formula is C13H19NO3. The number of methoxy groups -OCH3 is 1. The molecule has 1 rings (SSSR count). The molecule has 0 saturated heterocycles. The Labute approximate surface area is 102 Å². The minimum atomic E-state index is -0.187. The number of carbonyl (C=O) groups excluding carboxylic acids is 1. The molecule has 0 atom stereocenters. The van der Waals surface area contributed by atoms with E-state index in [4.69, 9.17) is 10.5 Å². The smallest absolute Gasteiger partial charge is 0.305 e. The van der Waals surface area contributed by atoms with Gasteiger partial charge in [0.2, 0.25) is 0 Å². The van der Waals surface area contributed by atoms with Gasteiger partial charge in [-0.05, 0) is 37.1 Å². The Bertz CT molecular complexity index is 335. The van der Waals surface area contributed by atoms with Crippen molar-refractivity contribution in [3.05, 3.63) is 29.8 Å². The highest BCUT2D eigenvalue weighted by Gasteiger charge is 2.01. The number of aryl methyl sites for hydroxylation is 1. The second-order valence-electron chi connectivity index (χ2n) is 3.71. The zero-order valence-corrected chi connectivity index (χ0v) is 10.1. The summed E-state index contributed by atoms with van der Waals surface area (Å²) in [5, 5.41) is 0. The van der Waals surface area contributed by atoms with Crippen LogP contribution in [0.3, 0.4) is 0 Å². The number of rotatable bonds is 7. The molecule has 0 heterocycles. The van der Waals surface area contributed by atoms with Crippen LogP contribution in [0.1, 0.15) is 18.4 Å². The summed E-state index contributed by atoms with van der Waals surface area (Å²) in [4.78, 5) is 11.0. The molecule has 1 aromatic carbocycles. The van der Waals surface area contributed by atoms with E-state index in [1.165, 1.54) is 7.11 Å². The molecule has 94 valence electrons. The fourth-order valence-electron chi connectivity index (χ4n) is 1.37. The van der Waals surface area contributed by atoms with Crippen molar-refractivity contribution in [2.45, 2.75) is 19.3 Å². The number of ether oxygens (including phenoxy) is 2. The second kappa shape index (κ2) is 7.68. The first-order valence-corrected chi connectivity index (χ1v) is 5.75. The van der Waals surface area contributed by atoms with Gasteiger partial charge in [-0.15, -0.1) is 0 Å². The largest absolute Gasteiger partial charge is 0.494 e. The van der Waals surface area contributed by atoms with Crippen LogP contribution >= 0.6 is 0 Å². The normalized spacial score (nSPS) is 10.0. The van der Waals surface area contributed by atoms with Crippen LogP contribution in [0.4, 0.5) is 0 Å². The van der Waals surface area contributed by atoms with Crippen LogP contribution in [0.15, 0.2) is 24.3 Å². The van der Waals surface area contributed by atoms with E-state index in [1.54, 1.807) is 0 Å². The van der Waals surface area contributed by atoms with Crippen molar-refractivity contribution in [1.82, 2.24) is 0 Å². The maximum Gasteiger partial charge on any atom is 0.305 e. The monoisotopic (exact) mass is 237 g/mol. The van der Waals surface area contributed by atoms with Gasteiger partial charge in [-0.1, -0.05) is 12.1 Å². The molecule has 0 bridgehead atoms. The van der Waals surface area contributed by atoms with Gasteiger partial charge < -0.3 is 15.2 Å². The molecule has 17 heavy (non-hydrogen) atoms. The highest BCUT2D eigenvalue weighted by atomic mass is 16.5. The minimum absolute atomic E-state index is 0.187. The van der Waals surface area contributed by atoms with E-state index in [9.17, 15) is 4.79 Å². The Morgan fingerprint density at radius 3 is 2.59 bits per heavy atom. The molecule has 0 saturated carbocycles. The van der Waals surface area contributed by atoms with Gasteiger partial charge in [0, 0.05) is 6.42 Å². The van der Waals surface area contributed by atoms with Crippen LogP contribution in [-0.4, -0.2) is 26.2 Å². The minimum Gasteiger partial charge on any atom is -0.494 e. The van der Waals surface area contributed by atoms with Crippen LogP contribution in [0, 0.1) is 0 Å². The summed E-state index contributed by atoms with van der Waals surface area (Å²) in [6.07, 6.45) is 1.95. The predicted molar refractivity (Wildman–Crippen MR) is 65.9 cm³/mol. The SMILES string of the molecule is COC(=O)CCc1ccc(OCCCN)cc1. The summed E-state index contributed by atoms with van der Waals surface area (Å²) in [7, 11) is 1.40. The molecule has 4 nitrogen and oxygen atoms in total. The van der Waals surface area contributed by atoms with Gasteiger partial charge in [0.25, 0.3) is 0 Å². The molecule has 0 unspecified atom stereocenters. The third kappa shape index (κ3) is 5.36. The van der Waals surface area contributed by atoms with E-state index in [-0.39, 0.29) is 5.97 Å². The Balaban J connectivity index is 2.36. The Morgan fingerprint density at radius 2 is 2.00 bits per heavy atom. The van der Waals surface area contributed by atoms with Crippen LogP contribution < -0.4 is 10.5 Å². The van der Waals surface area contributed by atoms with Gasteiger partial charge in [-0.25, -0.2) is 0 Å². The summed E-state index contributed by atoms with van der Waals surface area (Å²) >= 11 is 0. The Morgan fingerprint density at radius 1 is 1.29 bits per heavy atom. The third-order valence-electron chi connectivity index (χ3n) is 2.39. The van der Waals surface area contributed by atoms with Crippen molar-refractivity contribution < 1.29 is 14.3 Å². The molecule has 0 fully saturated rings. The highest BCUT2D eigenvalue weighted by Crippen LogP contribution is 2.13. The zero-order valence-electron chi connectivity index (χ0n) is 10.1. The highest BCUT2D eigenvalue weighted by molar-refractivity contribution is 5.69. The molecule has 0 amide bonds. The standard InChI is InChI=1S/C13H19NO3/c1-16-13(15)8-5-11-3-6-12(7-4-11)17-10-2-9-14/h3-4,6-7H,2,5,8-10,14H2,1H3. The second-order valence-corrected chi connectivity index (χ2v) is 3.71. The first-order valence-electron chi connectivity index (χ1n) is 5.75. The van der Waals surface area contributed by atoms with Gasteiger partial charge in [0.15, 0.2) is 0 Å². The summed E-state index contributed by atoms with van der Waals surface area (Å²) in [5.74, 6) is 0.647. The number of nitrogens with two attached hydrogens (primary N) is 1. The van der Waals surface area contributed by atoms with Gasteiger partial charge in [0.05, 0.1) is 13.7 Å². The van der Waals surface area contributed by atoms with E-state index in [2.05, 4.69) is 4.74 Å². The van der Waals surface area contributed by atoms with Crippen molar-refractivity contribution in [1.29, 1.82) is 0 Å². The van der Waals surface area contributed by atoms with E-state index >= 15 is 0 Å². The first kappa shape index (κ1) is 13.5. The quantitative estimate of drug-likeness (QED) is 0.577. The number of hydrogen-bond acceptors (Lipinski definition) is 4. The molecule has 0 aromatic heterocycles. The summed E-state index contributed by atoms with van der Waals surface area (Å²) in [6, 6.07) is 7.73. The molecule has 0 aliphatic carbocycles. The number of benzene rings is 1. The molecule has 0 aliphatic rings. The fraction of sp³-hybridized carbons (Fsp3) is 0.462.